The lowest BCUT2D eigenvalue weighted by atomic mass is 9.63. The summed E-state index contributed by atoms with van der Waals surface area (Å²) in [6.07, 6.45) is 14.1. The molecule has 0 spiro atoms. The number of para-hydroxylation sites is 1. The first-order chi connectivity index (χ1) is 13.2. The van der Waals surface area contributed by atoms with Crippen LogP contribution in [0, 0.1) is 11.8 Å². The fraction of sp³-hybridized carbons (Fsp3) is 0.565. The number of fused-ring (bicyclic) bond motifs is 1. The number of carbonyl (C=O) groups is 2. The molecule has 4 rings (SSSR count). The summed E-state index contributed by atoms with van der Waals surface area (Å²) in [7, 11) is 0. The van der Waals surface area contributed by atoms with Crippen molar-refractivity contribution in [3.8, 4) is 0 Å². The van der Waals surface area contributed by atoms with Crippen molar-refractivity contribution in [1.29, 1.82) is 0 Å². The maximum atomic E-state index is 13.3. The highest BCUT2D eigenvalue weighted by Gasteiger charge is 2.52. The standard InChI is InChI=1S/C23H30N2O2/c24-22(27)23(18-9-3-1-4-10-18,19-11-5-2-6-12-19)25-15-17(16-26)20-13-7-8-14-21(20)25/h7-8,13-16,18-19H,1-6,9-12H2,(H2,24,27). The quantitative estimate of drug-likeness (QED) is 0.773. The third kappa shape index (κ3) is 2.90. The third-order valence-corrected chi connectivity index (χ3v) is 7.12. The van der Waals surface area contributed by atoms with Crippen molar-refractivity contribution in [2.75, 3.05) is 0 Å². The summed E-state index contributed by atoms with van der Waals surface area (Å²) >= 11 is 0. The summed E-state index contributed by atoms with van der Waals surface area (Å²) in [5.41, 5.74) is 7.16. The van der Waals surface area contributed by atoms with E-state index in [1.807, 2.05) is 30.5 Å². The molecule has 1 aromatic heterocycles. The van der Waals surface area contributed by atoms with Crippen LogP contribution < -0.4 is 5.73 Å². The van der Waals surface area contributed by atoms with Gasteiger partial charge < -0.3 is 10.3 Å². The topological polar surface area (TPSA) is 65.1 Å². The van der Waals surface area contributed by atoms with Crippen LogP contribution in [0.15, 0.2) is 30.5 Å². The predicted molar refractivity (Wildman–Crippen MR) is 108 cm³/mol. The number of hydrogen-bond donors (Lipinski definition) is 1. The normalized spacial score (nSPS) is 20.0. The second-order valence-electron chi connectivity index (χ2n) is 8.45. The number of rotatable bonds is 5. The van der Waals surface area contributed by atoms with Crippen molar-refractivity contribution < 1.29 is 9.59 Å². The number of aldehydes is 1. The molecule has 1 aromatic carbocycles. The SMILES string of the molecule is NC(=O)C(C1CCCCC1)(C1CCCCC1)n1cc(C=O)c2ccccc21. The van der Waals surface area contributed by atoms with Gasteiger partial charge in [-0.3, -0.25) is 9.59 Å². The fourth-order valence-corrected chi connectivity index (χ4v) is 5.94. The van der Waals surface area contributed by atoms with Crippen molar-refractivity contribution in [3.05, 3.63) is 36.0 Å². The molecule has 0 aliphatic heterocycles. The van der Waals surface area contributed by atoms with Gasteiger partial charge >= 0.3 is 0 Å². The smallest absolute Gasteiger partial charge is 0.244 e. The Morgan fingerprint density at radius 1 is 0.963 bits per heavy atom. The van der Waals surface area contributed by atoms with Crippen molar-refractivity contribution in [2.24, 2.45) is 17.6 Å². The summed E-state index contributed by atoms with van der Waals surface area (Å²) in [5.74, 6) is 0.295. The second kappa shape index (κ2) is 7.49. The molecule has 2 fully saturated rings. The molecule has 27 heavy (non-hydrogen) atoms. The molecule has 0 bridgehead atoms. The van der Waals surface area contributed by atoms with Gasteiger partial charge in [0.15, 0.2) is 6.29 Å². The molecular formula is C23H30N2O2. The van der Waals surface area contributed by atoms with E-state index in [0.717, 1.165) is 68.6 Å². The van der Waals surface area contributed by atoms with Gasteiger partial charge in [-0.15, -0.1) is 0 Å². The Hall–Kier alpha value is -2.10. The van der Waals surface area contributed by atoms with Gasteiger partial charge in [0, 0.05) is 22.7 Å². The van der Waals surface area contributed by atoms with E-state index in [1.54, 1.807) is 0 Å². The molecule has 2 aliphatic carbocycles. The van der Waals surface area contributed by atoms with Crippen LogP contribution in [-0.4, -0.2) is 16.8 Å². The van der Waals surface area contributed by atoms with Gasteiger partial charge in [-0.2, -0.15) is 0 Å². The van der Waals surface area contributed by atoms with E-state index in [-0.39, 0.29) is 17.7 Å². The maximum Gasteiger partial charge on any atom is 0.244 e. The minimum absolute atomic E-state index is 0.209. The Morgan fingerprint density at radius 3 is 2.04 bits per heavy atom. The largest absolute Gasteiger partial charge is 0.368 e. The van der Waals surface area contributed by atoms with Crippen molar-refractivity contribution in [2.45, 2.75) is 69.7 Å². The summed E-state index contributed by atoms with van der Waals surface area (Å²) in [5, 5.41) is 0.921. The lowest BCUT2D eigenvalue weighted by Crippen LogP contribution is -2.57. The predicted octanol–water partition coefficient (Wildman–Crippen LogP) is 4.80. The van der Waals surface area contributed by atoms with Crippen LogP contribution in [0.2, 0.25) is 0 Å². The maximum absolute atomic E-state index is 13.3. The Morgan fingerprint density at radius 2 is 1.52 bits per heavy atom. The highest BCUT2D eigenvalue weighted by molar-refractivity contribution is 5.99. The number of nitrogens with zero attached hydrogens (tertiary/aromatic N) is 1. The molecule has 144 valence electrons. The van der Waals surface area contributed by atoms with Crippen LogP contribution in [0.1, 0.15) is 74.6 Å². The molecule has 4 nitrogen and oxygen atoms in total. The van der Waals surface area contributed by atoms with E-state index in [9.17, 15) is 9.59 Å². The number of primary amides is 1. The molecule has 2 aliphatic rings. The molecule has 0 atom stereocenters. The monoisotopic (exact) mass is 366 g/mol. The summed E-state index contributed by atoms with van der Waals surface area (Å²) in [4.78, 5) is 25.0. The van der Waals surface area contributed by atoms with Crippen LogP contribution in [-0.2, 0) is 10.3 Å². The molecule has 2 saturated carbocycles. The molecule has 4 heteroatoms. The van der Waals surface area contributed by atoms with Crippen molar-refractivity contribution in [1.82, 2.24) is 4.57 Å². The van der Waals surface area contributed by atoms with E-state index < -0.39 is 5.54 Å². The first-order valence-corrected chi connectivity index (χ1v) is 10.5. The minimum atomic E-state index is -0.721. The Kier molecular flexibility index (Phi) is 5.07. The summed E-state index contributed by atoms with van der Waals surface area (Å²) in [6.45, 7) is 0. The zero-order chi connectivity index (χ0) is 18.9. The average molecular weight is 367 g/mol. The van der Waals surface area contributed by atoms with E-state index in [1.165, 1.54) is 12.8 Å². The van der Waals surface area contributed by atoms with Gasteiger partial charge in [-0.25, -0.2) is 0 Å². The summed E-state index contributed by atoms with van der Waals surface area (Å²) < 4.78 is 2.13. The van der Waals surface area contributed by atoms with Crippen LogP contribution >= 0.6 is 0 Å². The first kappa shape index (κ1) is 18.3. The zero-order valence-electron chi connectivity index (χ0n) is 16.0. The number of carbonyl (C=O) groups excluding carboxylic acids is 2. The van der Waals surface area contributed by atoms with Crippen molar-refractivity contribution >= 4 is 23.1 Å². The Labute approximate surface area is 161 Å². The lowest BCUT2D eigenvalue weighted by molar-refractivity contribution is -0.135. The van der Waals surface area contributed by atoms with Gasteiger partial charge in [-0.1, -0.05) is 56.7 Å². The molecule has 1 heterocycles. The molecule has 1 amide bonds. The lowest BCUT2D eigenvalue weighted by Gasteiger charge is -2.48. The Balaban J connectivity index is 1.97. The van der Waals surface area contributed by atoms with Crippen LogP contribution in [0.3, 0.4) is 0 Å². The van der Waals surface area contributed by atoms with Crippen LogP contribution in [0.25, 0.3) is 10.9 Å². The van der Waals surface area contributed by atoms with Gasteiger partial charge in [0.05, 0.1) is 0 Å². The van der Waals surface area contributed by atoms with Crippen molar-refractivity contribution in [3.63, 3.8) is 0 Å². The first-order valence-electron chi connectivity index (χ1n) is 10.5. The molecule has 0 radical (unpaired) electrons. The molecular weight excluding hydrogens is 336 g/mol. The molecule has 0 unspecified atom stereocenters. The van der Waals surface area contributed by atoms with Gasteiger partial charge in [0.1, 0.15) is 5.54 Å². The number of benzene rings is 1. The summed E-state index contributed by atoms with van der Waals surface area (Å²) in [6, 6.07) is 7.95. The van der Waals surface area contributed by atoms with E-state index >= 15 is 0 Å². The Bertz CT molecular complexity index is 808. The molecule has 0 saturated heterocycles. The number of nitrogens with two attached hydrogens (primary N) is 1. The average Bonchev–Trinajstić information content (AvgIpc) is 3.09. The van der Waals surface area contributed by atoms with E-state index in [4.69, 9.17) is 5.73 Å². The third-order valence-electron chi connectivity index (χ3n) is 7.12. The van der Waals surface area contributed by atoms with E-state index in [2.05, 4.69) is 4.57 Å². The highest BCUT2D eigenvalue weighted by atomic mass is 16.1. The van der Waals surface area contributed by atoms with Gasteiger partial charge in [0.2, 0.25) is 5.91 Å². The minimum Gasteiger partial charge on any atom is -0.368 e. The highest BCUT2D eigenvalue weighted by Crippen LogP contribution is 2.49. The number of aromatic nitrogens is 1. The second-order valence-corrected chi connectivity index (χ2v) is 8.45. The van der Waals surface area contributed by atoms with Crippen LogP contribution in [0.4, 0.5) is 0 Å². The zero-order valence-corrected chi connectivity index (χ0v) is 16.0. The van der Waals surface area contributed by atoms with Gasteiger partial charge in [0.25, 0.3) is 0 Å². The van der Waals surface area contributed by atoms with Crippen LogP contribution in [0.5, 0.6) is 0 Å². The fourth-order valence-electron chi connectivity index (χ4n) is 5.94. The van der Waals surface area contributed by atoms with E-state index in [0.29, 0.717) is 5.56 Å². The molecule has 2 N–H and O–H groups in total. The molecule has 2 aromatic rings. The number of hydrogen-bond acceptors (Lipinski definition) is 2. The van der Waals surface area contributed by atoms with Gasteiger partial charge in [-0.05, 0) is 43.6 Å². The number of amides is 1.